The molecule has 0 N–H and O–H groups in total. The lowest BCUT2D eigenvalue weighted by atomic mass is 10.4. The highest BCUT2D eigenvalue weighted by molar-refractivity contribution is 14.1. The summed E-state index contributed by atoms with van der Waals surface area (Å²) in [5.74, 6) is 0.0878. The van der Waals surface area contributed by atoms with Gasteiger partial charge in [0.15, 0.2) is 5.78 Å². The molecule has 76 valence electrons. The molecule has 0 radical (unpaired) electrons. The van der Waals surface area contributed by atoms with E-state index in [-0.39, 0.29) is 18.3 Å². The number of ketones is 1. The third-order valence-corrected chi connectivity index (χ3v) is 2.97. The molecule has 0 aliphatic rings. The van der Waals surface area contributed by atoms with Crippen LogP contribution in [0.3, 0.4) is 0 Å². The van der Waals surface area contributed by atoms with Gasteiger partial charge < -0.3 is 4.74 Å². The maximum absolute atomic E-state index is 10.6. The standard InChI is InChI=1S/C8H6Cl2INO2/c1-4(13)3-14-8-5(9)2-6(11)7(10)12-8/h2H,3H2,1H3. The topological polar surface area (TPSA) is 39.2 Å². The van der Waals surface area contributed by atoms with Crippen molar-refractivity contribution in [2.45, 2.75) is 6.92 Å². The predicted octanol–water partition coefficient (Wildman–Crippen LogP) is 2.96. The summed E-state index contributed by atoms with van der Waals surface area (Å²) < 4.78 is 5.79. The van der Waals surface area contributed by atoms with Crippen LogP contribution in [0.25, 0.3) is 0 Å². The second kappa shape index (κ2) is 5.14. The average Bonchev–Trinajstić information content (AvgIpc) is 2.09. The Hall–Kier alpha value is -0.0700. The molecule has 1 heterocycles. The molecular formula is C8H6Cl2INO2. The first-order valence-electron chi connectivity index (χ1n) is 3.64. The van der Waals surface area contributed by atoms with Gasteiger partial charge in [-0.3, -0.25) is 4.79 Å². The minimum absolute atomic E-state index is 0.0519. The van der Waals surface area contributed by atoms with E-state index in [9.17, 15) is 4.79 Å². The molecule has 0 saturated carbocycles. The summed E-state index contributed by atoms with van der Waals surface area (Å²) in [6.07, 6.45) is 0. The van der Waals surface area contributed by atoms with E-state index in [0.717, 1.165) is 3.57 Å². The number of ether oxygens (including phenoxy) is 1. The molecule has 3 nitrogen and oxygen atoms in total. The van der Waals surface area contributed by atoms with Crippen LogP contribution in [-0.2, 0) is 4.79 Å². The molecule has 0 aliphatic heterocycles. The van der Waals surface area contributed by atoms with Crippen LogP contribution in [0.1, 0.15) is 6.92 Å². The SMILES string of the molecule is CC(=O)COc1nc(Cl)c(I)cc1Cl. The Kier molecular flexibility index (Phi) is 4.40. The summed E-state index contributed by atoms with van der Waals surface area (Å²) in [6.45, 7) is 1.37. The van der Waals surface area contributed by atoms with Gasteiger partial charge >= 0.3 is 0 Å². The van der Waals surface area contributed by atoms with Gasteiger partial charge in [-0.1, -0.05) is 23.2 Å². The second-order valence-corrected chi connectivity index (χ2v) is 4.47. The van der Waals surface area contributed by atoms with Crippen molar-refractivity contribution in [1.82, 2.24) is 4.98 Å². The first-order chi connectivity index (χ1) is 6.50. The van der Waals surface area contributed by atoms with Crippen LogP contribution < -0.4 is 4.74 Å². The van der Waals surface area contributed by atoms with Crippen LogP contribution in [0.4, 0.5) is 0 Å². The Morgan fingerprint density at radius 3 is 2.86 bits per heavy atom. The van der Waals surface area contributed by atoms with Crippen molar-refractivity contribution in [2.24, 2.45) is 0 Å². The van der Waals surface area contributed by atoms with Crippen molar-refractivity contribution in [3.8, 4) is 5.88 Å². The van der Waals surface area contributed by atoms with Crippen LogP contribution in [0.15, 0.2) is 6.07 Å². The number of carbonyl (C=O) groups is 1. The first-order valence-corrected chi connectivity index (χ1v) is 5.48. The first kappa shape index (κ1) is 12.0. The van der Waals surface area contributed by atoms with Crippen molar-refractivity contribution in [1.29, 1.82) is 0 Å². The summed E-state index contributed by atoms with van der Waals surface area (Å²) in [6, 6.07) is 1.63. The fourth-order valence-corrected chi connectivity index (χ4v) is 1.65. The highest BCUT2D eigenvalue weighted by atomic mass is 127. The minimum atomic E-state index is -0.0995. The number of hydrogen-bond acceptors (Lipinski definition) is 3. The van der Waals surface area contributed by atoms with Gasteiger partial charge in [0.2, 0.25) is 5.88 Å². The number of halogens is 3. The Morgan fingerprint density at radius 2 is 2.29 bits per heavy atom. The van der Waals surface area contributed by atoms with Crippen molar-refractivity contribution < 1.29 is 9.53 Å². The molecule has 6 heteroatoms. The molecule has 0 fully saturated rings. The zero-order valence-electron chi connectivity index (χ0n) is 7.18. The Bertz CT molecular complexity index is 371. The second-order valence-electron chi connectivity index (χ2n) is 2.54. The third kappa shape index (κ3) is 3.25. The lowest BCUT2D eigenvalue weighted by Gasteiger charge is -2.05. The van der Waals surface area contributed by atoms with Gasteiger partial charge in [-0.05, 0) is 35.6 Å². The Labute approximate surface area is 105 Å². The van der Waals surface area contributed by atoms with Crippen LogP contribution in [0, 0.1) is 3.57 Å². The summed E-state index contributed by atoms with van der Waals surface area (Å²) >= 11 is 13.6. The van der Waals surface area contributed by atoms with Gasteiger partial charge in [0.25, 0.3) is 0 Å². The summed E-state index contributed by atoms with van der Waals surface area (Å²) in [4.78, 5) is 14.5. The highest BCUT2D eigenvalue weighted by Gasteiger charge is 2.09. The van der Waals surface area contributed by atoms with Crippen molar-refractivity contribution >= 4 is 51.6 Å². The van der Waals surface area contributed by atoms with Crippen LogP contribution >= 0.6 is 45.8 Å². The molecule has 0 bridgehead atoms. The quantitative estimate of drug-likeness (QED) is 0.624. The lowest BCUT2D eigenvalue weighted by molar-refractivity contribution is -0.119. The van der Waals surface area contributed by atoms with E-state index in [1.165, 1.54) is 6.92 Å². The maximum Gasteiger partial charge on any atom is 0.234 e. The van der Waals surface area contributed by atoms with Crippen molar-refractivity contribution in [3.63, 3.8) is 0 Å². The zero-order chi connectivity index (χ0) is 10.7. The van der Waals surface area contributed by atoms with E-state index in [1.54, 1.807) is 6.07 Å². The maximum atomic E-state index is 10.6. The molecule has 0 saturated heterocycles. The largest absolute Gasteiger partial charge is 0.469 e. The van der Waals surface area contributed by atoms with E-state index >= 15 is 0 Å². The van der Waals surface area contributed by atoms with Crippen LogP contribution in [0.2, 0.25) is 10.2 Å². The molecule has 0 spiro atoms. The monoisotopic (exact) mass is 345 g/mol. The number of aromatic nitrogens is 1. The summed E-state index contributed by atoms with van der Waals surface area (Å²) in [5.41, 5.74) is 0. The predicted molar refractivity (Wildman–Crippen MR) is 63.2 cm³/mol. The summed E-state index contributed by atoms with van der Waals surface area (Å²) in [5, 5.41) is 0.661. The molecule has 0 aromatic carbocycles. The molecule has 1 aromatic heterocycles. The van der Waals surface area contributed by atoms with Gasteiger partial charge in [-0.25, -0.2) is 0 Å². The number of carbonyl (C=O) groups excluding carboxylic acids is 1. The number of pyridine rings is 1. The number of Topliss-reactive ketones (excluding diaryl/α,β-unsaturated/α-hetero) is 1. The van der Waals surface area contributed by atoms with Gasteiger partial charge in [0.1, 0.15) is 16.8 Å². The minimum Gasteiger partial charge on any atom is -0.469 e. The van der Waals surface area contributed by atoms with E-state index in [4.69, 9.17) is 27.9 Å². The molecule has 0 atom stereocenters. The van der Waals surface area contributed by atoms with Crippen molar-refractivity contribution in [2.75, 3.05) is 6.61 Å². The Morgan fingerprint density at radius 1 is 1.64 bits per heavy atom. The molecule has 1 rings (SSSR count). The van der Waals surface area contributed by atoms with Crippen LogP contribution in [0.5, 0.6) is 5.88 Å². The lowest BCUT2D eigenvalue weighted by Crippen LogP contribution is -2.08. The summed E-state index contributed by atoms with van der Waals surface area (Å²) in [7, 11) is 0. The van der Waals surface area contributed by atoms with Gasteiger partial charge in [0, 0.05) is 0 Å². The molecule has 0 amide bonds. The molecule has 14 heavy (non-hydrogen) atoms. The van der Waals surface area contributed by atoms with Gasteiger partial charge in [-0.15, -0.1) is 0 Å². The van der Waals surface area contributed by atoms with E-state index in [2.05, 4.69) is 4.98 Å². The number of hydrogen-bond donors (Lipinski definition) is 0. The zero-order valence-corrected chi connectivity index (χ0v) is 10.9. The van der Waals surface area contributed by atoms with Gasteiger partial charge in [0.05, 0.1) is 3.57 Å². The van der Waals surface area contributed by atoms with Crippen molar-refractivity contribution in [3.05, 3.63) is 19.8 Å². The number of nitrogens with zero attached hydrogens (tertiary/aromatic N) is 1. The Balaban J connectivity index is 2.87. The molecule has 0 aliphatic carbocycles. The molecule has 1 aromatic rings. The molecular weight excluding hydrogens is 340 g/mol. The fourth-order valence-electron chi connectivity index (χ4n) is 0.700. The average molecular weight is 346 g/mol. The molecule has 0 unspecified atom stereocenters. The third-order valence-electron chi connectivity index (χ3n) is 1.27. The van der Waals surface area contributed by atoms with E-state index in [0.29, 0.717) is 10.2 Å². The van der Waals surface area contributed by atoms with Gasteiger partial charge in [-0.2, -0.15) is 4.98 Å². The van der Waals surface area contributed by atoms with E-state index < -0.39 is 0 Å². The van der Waals surface area contributed by atoms with Crippen LogP contribution in [-0.4, -0.2) is 17.4 Å². The normalized spacial score (nSPS) is 10.0. The number of rotatable bonds is 3. The van der Waals surface area contributed by atoms with E-state index in [1.807, 2.05) is 22.6 Å². The smallest absolute Gasteiger partial charge is 0.234 e. The highest BCUT2D eigenvalue weighted by Crippen LogP contribution is 2.28. The fraction of sp³-hybridized carbons (Fsp3) is 0.250.